The molecule has 0 saturated heterocycles. The minimum atomic E-state index is -0.152. The number of carbonyl (C=O) groups excluding carboxylic acids is 1. The molecule has 5 nitrogen and oxygen atoms in total. The molecule has 0 atom stereocenters. The number of nitrogens with one attached hydrogen (secondary N) is 1. The summed E-state index contributed by atoms with van der Waals surface area (Å²) in [5, 5.41) is 3.32. The van der Waals surface area contributed by atoms with Gasteiger partial charge in [0.25, 0.3) is 0 Å². The van der Waals surface area contributed by atoms with E-state index in [2.05, 4.69) is 45.1 Å². The summed E-state index contributed by atoms with van der Waals surface area (Å²) >= 11 is 0. The Morgan fingerprint density at radius 3 is 2.61 bits per heavy atom. The maximum atomic E-state index is 11.0. The van der Waals surface area contributed by atoms with E-state index < -0.39 is 0 Å². The number of hydrogen-bond acceptors (Lipinski definition) is 3. The number of halogens is 1. The number of aliphatic imine (C=N–C) groups is 1. The second kappa shape index (κ2) is 12.2. The Kier molecular flexibility index (Phi) is 11.5. The molecule has 0 fully saturated rings. The Hall–Kier alpha value is -1.31. The van der Waals surface area contributed by atoms with E-state index in [0.717, 1.165) is 31.9 Å². The molecular formula is C17H28IN3O2. The lowest BCUT2D eigenvalue weighted by Crippen LogP contribution is -2.39. The van der Waals surface area contributed by atoms with E-state index in [4.69, 9.17) is 0 Å². The van der Waals surface area contributed by atoms with Gasteiger partial charge in [-0.15, -0.1) is 24.0 Å². The number of hydrogen-bond donors (Lipinski definition) is 1. The standard InChI is InChI=1S/C17H27N3O2.HI/c1-14-9-5-6-10-15(14)13-20(3)17(18-2)19-12-8-7-11-16(21)22-4;/h5-6,9-10H,7-8,11-13H2,1-4H3,(H,18,19);1H. The van der Waals surface area contributed by atoms with Gasteiger partial charge in [-0.3, -0.25) is 9.79 Å². The van der Waals surface area contributed by atoms with Gasteiger partial charge in [0.1, 0.15) is 0 Å². The largest absolute Gasteiger partial charge is 0.469 e. The van der Waals surface area contributed by atoms with Crippen LogP contribution in [0.3, 0.4) is 0 Å². The number of esters is 1. The highest BCUT2D eigenvalue weighted by Crippen LogP contribution is 2.09. The normalized spacial score (nSPS) is 10.7. The van der Waals surface area contributed by atoms with Gasteiger partial charge in [-0.05, 0) is 30.9 Å². The number of methoxy groups -OCH3 is 1. The van der Waals surface area contributed by atoms with Crippen LogP contribution in [0.5, 0.6) is 0 Å². The zero-order valence-electron chi connectivity index (χ0n) is 14.5. The molecule has 0 heterocycles. The predicted octanol–water partition coefficient (Wildman–Crippen LogP) is 2.96. The number of benzene rings is 1. The predicted molar refractivity (Wildman–Crippen MR) is 105 cm³/mol. The van der Waals surface area contributed by atoms with Gasteiger partial charge in [0, 0.05) is 33.6 Å². The van der Waals surface area contributed by atoms with Crippen molar-refractivity contribution < 1.29 is 9.53 Å². The highest BCUT2D eigenvalue weighted by atomic mass is 127. The molecular weight excluding hydrogens is 405 g/mol. The Morgan fingerprint density at radius 2 is 2.00 bits per heavy atom. The highest BCUT2D eigenvalue weighted by molar-refractivity contribution is 14.0. The fraction of sp³-hybridized carbons (Fsp3) is 0.529. The summed E-state index contributed by atoms with van der Waals surface area (Å²) in [5.41, 5.74) is 2.57. The van der Waals surface area contributed by atoms with Gasteiger partial charge in [-0.2, -0.15) is 0 Å². The van der Waals surface area contributed by atoms with Crippen LogP contribution in [-0.4, -0.2) is 44.6 Å². The van der Waals surface area contributed by atoms with Crippen LogP contribution in [0, 0.1) is 6.92 Å². The second-order valence-corrected chi connectivity index (χ2v) is 5.29. The number of aryl methyl sites for hydroxylation is 1. The van der Waals surface area contributed by atoms with Crippen molar-refractivity contribution in [2.75, 3.05) is 27.7 Å². The third kappa shape index (κ3) is 8.20. The molecule has 0 unspecified atom stereocenters. The van der Waals surface area contributed by atoms with Crippen LogP contribution in [0.15, 0.2) is 29.3 Å². The number of nitrogens with zero attached hydrogens (tertiary/aromatic N) is 2. The number of ether oxygens (including phenoxy) is 1. The zero-order valence-corrected chi connectivity index (χ0v) is 16.8. The molecule has 0 aliphatic rings. The van der Waals surface area contributed by atoms with E-state index >= 15 is 0 Å². The number of guanidine groups is 1. The minimum Gasteiger partial charge on any atom is -0.469 e. The molecule has 0 saturated carbocycles. The van der Waals surface area contributed by atoms with E-state index in [1.165, 1.54) is 18.2 Å². The van der Waals surface area contributed by atoms with Crippen molar-refractivity contribution in [3.63, 3.8) is 0 Å². The summed E-state index contributed by atoms with van der Waals surface area (Å²) in [6.07, 6.45) is 2.19. The number of rotatable bonds is 7. The van der Waals surface area contributed by atoms with Crippen LogP contribution >= 0.6 is 24.0 Å². The lowest BCUT2D eigenvalue weighted by molar-refractivity contribution is -0.140. The van der Waals surface area contributed by atoms with Crippen molar-refractivity contribution >= 4 is 35.9 Å². The smallest absolute Gasteiger partial charge is 0.305 e. The molecule has 0 spiro atoms. The van der Waals surface area contributed by atoms with Crippen LogP contribution in [0.25, 0.3) is 0 Å². The van der Waals surface area contributed by atoms with Crippen molar-refractivity contribution in [1.29, 1.82) is 0 Å². The molecule has 1 aromatic rings. The average Bonchev–Trinajstić information content (AvgIpc) is 2.52. The maximum absolute atomic E-state index is 11.0. The van der Waals surface area contributed by atoms with Gasteiger partial charge in [0.05, 0.1) is 7.11 Å². The number of unbranched alkanes of at least 4 members (excludes halogenated alkanes) is 1. The van der Waals surface area contributed by atoms with Crippen LogP contribution < -0.4 is 5.32 Å². The molecule has 23 heavy (non-hydrogen) atoms. The summed E-state index contributed by atoms with van der Waals surface area (Å²) in [5.74, 6) is 0.711. The molecule has 1 rings (SSSR count). The van der Waals surface area contributed by atoms with Crippen LogP contribution in [0.1, 0.15) is 30.4 Å². The van der Waals surface area contributed by atoms with Crippen LogP contribution in [0.4, 0.5) is 0 Å². The molecule has 1 N–H and O–H groups in total. The first-order valence-electron chi connectivity index (χ1n) is 7.61. The Morgan fingerprint density at radius 1 is 1.30 bits per heavy atom. The summed E-state index contributed by atoms with van der Waals surface area (Å²) < 4.78 is 4.62. The van der Waals surface area contributed by atoms with Gasteiger partial charge >= 0.3 is 5.97 Å². The lowest BCUT2D eigenvalue weighted by Gasteiger charge is -2.23. The van der Waals surface area contributed by atoms with E-state index in [1.54, 1.807) is 7.05 Å². The fourth-order valence-electron chi connectivity index (χ4n) is 2.20. The second-order valence-electron chi connectivity index (χ2n) is 5.29. The Bertz CT molecular complexity index is 506. The Labute approximate surface area is 156 Å². The summed E-state index contributed by atoms with van der Waals surface area (Å²) in [6.45, 7) is 3.72. The first kappa shape index (κ1) is 21.7. The lowest BCUT2D eigenvalue weighted by atomic mass is 10.1. The van der Waals surface area contributed by atoms with E-state index in [1.807, 2.05) is 13.1 Å². The van der Waals surface area contributed by atoms with E-state index in [-0.39, 0.29) is 29.9 Å². The van der Waals surface area contributed by atoms with Gasteiger partial charge in [-0.1, -0.05) is 24.3 Å². The molecule has 6 heteroatoms. The van der Waals surface area contributed by atoms with Gasteiger partial charge in [0.15, 0.2) is 5.96 Å². The minimum absolute atomic E-state index is 0. The van der Waals surface area contributed by atoms with Crippen molar-refractivity contribution in [2.45, 2.75) is 32.7 Å². The molecule has 0 radical (unpaired) electrons. The Balaban J connectivity index is 0.00000484. The van der Waals surface area contributed by atoms with Crippen molar-refractivity contribution in [3.8, 4) is 0 Å². The third-order valence-electron chi connectivity index (χ3n) is 3.56. The third-order valence-corrected chi connectivity index (χ3v) is 3.56. The molecule has 0 bridgehead atoms. The SMILES string of the molecule is CN=C(NCCCCC(=O)OC)N(C)Cc1ccccc1C.I. The highest BCUT2D eigenvalue weighted by Gasteiger charge is 2.07. The van der Waals surface area contributed by atoms with Crippen molar-refractivity contribution in [1.82, 2.24) is 10.2 Å². The zero-order chi connectivity index (χ0) is 16.4. The first-order valence-corrected chi connectivity index (χ1v) is 7.61. The molecule has 0 aliphatic heterocycles. The molecule has 130 valence electrons. The van der Waals surface area contributed by atoms with Crippen molar-refractivity contribution in [2.24, 2.45) is 4.99 Å². The van der Waals surface area contributed by atoms with Gasteiger partial charge in [0.2, 0.25) is 0 Å². The molecule has 1 aromatic carbocycles. The summed E-state index contributed by atoms with van der Waals surface area (Å²) in [6, 6.07) is 8.36. The van der Waals surface area contributed by atoms with Crippen LogP contribution in [0.2, 0.25) is 0 Å². The van der Waals surface area contributed by atoms with Gasteiger partial charge < -0.3 is 15.0 Å². The van der Waals surface area contributed by atoms with E-state index in [0.29, 0.717) is 6.42 Å². The molecule has 0 aliphatic carbocycles. The monoisotopic (exact) mass is 433 g/mol. The quantitative estimate of drug-likeness (QED) is 0.236. The first-order chi connectivity index (χ1) is 10.6. The maximum Gasteiger partial charge on any atom is 0.305 e. The number of carbonyl (C=O) groups is 1. The van der Waals surface area contributed by atoms with Crippen LogP contribution in [-0.2, 0) is 16.1 Å². The van der Waals surface area contributed by atoms with Crippen molar-refractivity contribution in [3.05, 3.63) is 35.4 Å². The topological polar surface area (TPSA) is 53.9 Å². The van der Waals surface area contributed by atoms with E-state index in [9.17, 15) is 4.79 Å². The molecule has 0 aromatic heterocycles. The summed E-state index contributed by atoms with van der Waals surface area (Å²) in [4.78, 5) is 17.4. The molecule has 0 amide bonds. The fourth-order valence-corrected chi connectivity index (χ4v) is 2.20. The summed E-state index contributed by atoms with van der Waals surface area (Å²) in [7, 11) is 5.23. The average molecular weight is 433 g/mol. The van der Waals surface area contributed by atoms with Gasteiger partial charge in [-0.25, -0.2) is 0 Å².